The van der Waals surface area contributed by atoms with Crippen LogP contribution in [0.4, 0.5) is 0 Å². The highest BCUT2D eigenvalue weighted by atomic mass is 16.5. The van der Waals surface area contributed by atoms with Crippen molar-refractivity contribution >= 4 is 11.9 Å². The second-order valence-electron chi connectivity index (χ2n) is 2.66. The Kier molecular flexibility index (Phi) is 6.54. The van der Waals surface area contributed by atoms with E-state index in [1.54, 1.807) is 0 Å². The molecule has 0 aliphatic heterocycles. The van der Waals surface area contributed by atoms with Crippen molar-refractivity contribution in [2.75, 3.05) is 0 Å². The van der Waals surface area contributed by atoms with E-state index >= 15 is 0 Å². The number of rotatable bonds is 4. The zero-order chi connectivity index (χ0) is 13.3. The molecule has 0 bridgehead atoms. The minimum absolute atomic E-state index is 0.0186. The Morgan fingerprint density at radius 3 is 1.71 bits per heavy atom. The van der Waals surface area contributed by atoms with E-state index in [4.69, 9.17) is 10.2 Å². The molecule has 0 unspecified atom stereocenters. The zero-order valence-corrected chi connectivity index (χ0v) is 9.00. The van der Waals surface area contributed by atoms with Crippen LogP contribution in [0.3, 0.4) is 0 Å². The highest BCUT2D eigenvalue weighted by Gasteiger charge is 2.06. The molecule has 5 nitrogen and oxygen atoms in total. The van der Waals surface area contributed by atoms with Gasteiger partial charge in [0.15, 0.2) is 0 Å². The molecule has 0 saturated carbocycles. The fourth-order valence-corrected chi connectivity index (χ4v) is 0.853. The number of carboxylic acids is 2. The largest absolute Gasteiger partial charge is 0.478 e. The van der Waals surface area contributed by atoms with Gasteiger partial charge in [0, 0.05) is 0 Å². The lowest BCUT2D eigenvalue weighted by molar-refractivity contribution is 0.0696. The van der Waals surface area contributed by atoms with Crippen LogP contribution < -0.4 is 0 Å². The Labute approximate surface area is 98.3 Å². The SMILES string of the molecule is C=COC=C.O=C(O)c1cccc(C(=O)O)c1. The molecule has 2 N–H and O–H groups in total. The summed E-state index contributed by atoms with van der Waals surface area (Å²) in [6.07, 6.45) is 2.62. The summed E-state index contributed by atoms with van der Waals surface area (Å²) in [4.78, 5) is 20.8. The molecule has 0 aliphatic carbocycles. The maximum absolute atomic E-state index is 10.4. The Morgan fingerprint density at radius 1 is 1.06 bits per heavy atom. The Bertz CT molecular complexity index is 387. The van der Waals surface area contributed by atoms with Crippen LogP contribution in [-0.2, 0) is 4.74 Å². The van der Waals surface area contributed by atoms with Gasteiger partial charge in [-0.05, 0) is 18.2 Å². The third-order valence-corrected chi connectivity index (χ3v) is 1.55. The van der Waals surface area contributed by atoms with Crippen molar-refractivity contribution in [3.05, 3.63) is 61.1 Å². The van der Waals surface area contributed by atoms with Crippen molar-refractivity contribution in [1.82, 2.24) is 0 Å². The van der Waals surface area contributed by atoms with Crippen LogP contribution >= 0.6 is 0 Å². The van der Waals surface area contributed by atoms with E-state index < -0.39 is 11.9 Å². The van der Waals surface area contributed by atoms with Gasteiger partial charge in [0.05, 0.1) is 23.7 Å². The van der Waals surface area contributed by atoms with E-state index in [2.05, 4.69) is 17.9 Å². The van der Waals surface area contributed by atoms with Crippen molar-refractivity contribution < 1.29 is 24.5 Å². The molecule has 0 aromatic heterocycles. The van der Waals surface area contributed by atoms with Gasteiger partial charge in [-0.1, -0.05) is 19.2 Å². The molecule has 0 heterocycles. The van der Waals surface area contributed by atoms with Gasteiger partial charge in [0.25, 0.3) is 0 Å². The number of benzene rings is 1. The number of carboxylic acid groups (broad SMARTS) is 2. The molecular formula is C12H12O5. The predicted molar refractivity (Wildman–Crippen MR) is 61.8 cm³/mol. The van der Waals surface area contributed by atoms with Crippen molar-refractivity contribution in [2.45, 2.75) is 0 Å². The minimum Gasteiger partial charge on any atom is -0.478 e. The summed E-state index contributed by atoms with van der Waals surface area (Å²) in [5.41, 5.74) is -0.0372. The lowest BCUT2D eigenvalue weighted by Crippen LogP contribution is -2.01. The summed E-state index contributed by atoms with van der Waals surface area (Å²) in [6, 6.07) is 5.20. The molecule has 5 heteroatoms. The molecule has 0 spiro atoms. The standard InChI is InChI=1S/C8H6O4.C4H6O/c9-7(10)5-2-1-3-6(4-5)8(11)12;1-3-5-4-2/h1-4H,(H,9,10)(H,11,12);3-4H,1-2H2. The first-order chi connectivity index (χ1) is 8.02. The van der Waals surface area contributed by atoms with Crippen LogP contribution in [0, 0.1) is 0 Å². The maximum atomic E-state index is 10.4. The van der Waals surface area contributed by atoms with Gasteiger partial charge >= 0.3 is 11.9 Å². The first kappa shape index (κ1) is 14.4. The number of aromatic carboxylic acids is 2. The fourth-order valence-electron chi connectivity index (χ4n) is 0.853. The fraction of sp³-hybridized carbons (Fsp3) is 0. The second kappa shape index (κ2) is 7.70. The molecule has 0 aliphatic rings. The van der Waals surface area contributed by atoms with E-state index in [1.165, 1.54) is 30.7 Å². The monoisotopic (exact) mass is 236 g/mol. The van der Waals surface area contributed by atoms with Gasteiger partial charge in [-0.2, -0.15) is 0 Å². The Hall–Kier alpha value is -2.56. The number of ether oxygens (including phenoxy) is 1. The number of hydrogen-bond acceptors (Lipinski definition) is 3. The molecular weight excluding hydrogens is 224 g/mol. The molecule has 0 saturated heterocycles. The molecule has 0 radical (unpaired) electrons. The van der Waals surface area contributed by atoms with Crippen molar-refractivity contribution in [1.29, 1.82) is 0 Å². The maximum Gasteiger partial charge on any atom is 0.335 e. The van der Waals surface area contributed by atoms with E-state index in [0.717, 1.165) is 6.07 Å². The third-order valence-electron chi connectivity index (χ3n) is 1.55. The Balaban J connectivity index is 0.000000437. The summed E-state index contributed by atoms with van der Waals surface area (Å²) in [6.45, 7) is 6.51. The number of hydrogen-bond donors (Lipinski definition) is 2. The van der Waals surface area contributed by atoms with Crippen LogP contribution in [0.25, 0.3) is 0 Å². The van der Waals surface area contributed by atoms with Crippen LogP contribution in [0.1, 0.15) is 20.7 Å². The van der Waals surface area contributed by atoms with E-state index in [0.29, 0.717) is 0 Å². The predicted octanol–water partition coefficient (Wildman–Crippen LogP) is 2.37. The van der Waals surface area contributed by atoms with E-state index in [1.807, 2.05) is 0 Å². The molecule has 1 aromatic carbocycles. The van der Waals surface area contributed by atoms with Crippen molar-refractivity contribution in [3.8, 4) is 0 Å². The molecule has 90 valence electrons. The summed E-state index contributed by atoms with van der Waals surface area (Å²) in [7, 11) is 0. The smallest absolute Gasteiger partial charge is 0.335 e. The molecule has 1 rings (SSSR count). The average molecular weight is 236 g/mol. The summed E-state index contributed by atoms with van der Waals surface area (Å²) in [5, 5.41) is 17.0. The zero-order valence-electron chi connectivity index (χ0n) is 9.00. The molecule has 0 amide bonds. The highest BCUT2D eigenvalue weighted by molar-refractivity contribution is 5.93. The average Bonchev–Trinajstić information content (AvgIpc) is 2.31. The quantitative estimate of drug-likeness (QED) is 0.784. The summed E-state index contributed by atoms with van der Waals surface area (Å²) in [5.74, 6) is -2.25. The Morgan fingerprint density at radius 2 is 1.47 bits per heavy atom. The second-order valence-corrected chi connectivity index (χ2v) is 2.66. The molecule has 1 aromatic rings. The highest BCUT2D eigenvalue weighted by Crippen LogP contribution is 2.04. The first-order valence-corrected chi connectivity index (χ1v) is 4.46. The lowest BCUT2D eigenvalue weighted by atomic mass is 10.1. The van der Waals surface area contributed by atoms with E-state index in [9.17, 15) is 9.59 Å². The number of carbonyl (C=O) groups is 2. The van der Waals surface area contributed by atoms with Crippen LogP contribution in [-0.4, -0.2) is 22.2 Å². The minimum atomic E-state index is -1.13. The third kappa shape index (κ3) is 5.78. The van der Waals surface area contributed by atoms with Crippen molar-refractivity contribution in [2.24, 2.45) is 0 Å². The van der Waals surface area contributed by atoms with Gasteiger partial charge in [-0.3, -0.25) is 0 Å². The van der Waals surface area contributed by atoms with Gasteiger partial charge < -0.3 is 14.9 Å². The normalized spacial score (nSPS) is 8.24. The lowest BCUT2D eigenvalue weighted by Gasteiger charge is -1.95. The van der Waals surface area contributed by atoms with Crippen LogP contribution in [0.5, 0.6) is 0 Å². The molecule has 17 heavy (non-hydrogen) atoms. The van der Waals surface area contributed by atoms with Crippen molar-refractivity contribution in [3.63, 3.8) is 0 Å². The first-order valence-electron chi connectivity index (χ1n) is 4.46. The van der Waals surface area contributed by atoms with Gasteiger partial charge in [-0.15, -0.1) is 0 Å². The van der Waals surface area contributed by atoms with E-state index in [-0.39, 0.29) is 11.1 Å². The van der Waals surface area contributed by atoms with Crippen LogP contribution in [0.15, 0.2) is 49.9 Å². The van der Waals surface area contributed by atoms with Crippen LogP contribution in [0.2, 0.25) is 0 Å². The van der Waals surface area contributed by atoms with Gasteiger partial charge in [0.2, 0.25) is 0 Å². The molecule has 0 fully saturated rings. The molecule has 0 atom stereocenters. The van der Waals surface area contributed by atoms with Gasteiger partial charge in [-0.25, -0.2) is 9.59 Å². The summed E-state index contributed by atoms with van der Waals surface area (Å²) < 4.78 is 4.36. The summed E-state index contributed by atoms with van der Waals surface area (Å²) >= 11 is 0. The topological polar surface area (TPSA) is 83.8 Å². The van der Waals surface area contributed by atoms with Gasteiger partial charge in [0.1, 0.15) is 0 Å².